The first-order valence-corrected chi connectivity index (χ1v) is 10.8. The second-order valence-electron chi connectivity index (χ2n) is 7.98. The Morgan fingerprint density at radius 1 is 1.13 bits per heavy atom. The lowest BCUT2D eigenvalue weighted by molar-refractivity contribution is 0.0938. The number of nitrogens with one attached hydrogen (secondary N) is 1. The largest absolute Gasteiger partial charge is 0.383 e. The number of methoxy groups -OCH3 is 1. The molecule has 0 radical (unpaired) electrons. The molecule has 4 rings (SSSR count). The minimum atomic E-state index is -0.204. The van der Waals surface area contributed by atoms with Crippen molar-refractivity contribution < 1.29 is 9.53 Å². The zero-order valence-corrected chi connectivity index (χ0v) is 18.9. The summed E-state index contributed by atoms with van der Waals surface area (Å²) in [5.74, 6) is 0.779. The summed E-state index contributed by atoms with van der Waals surface area (Å²) in [6.45, 7) is 10.6. The van der Waals surface area contributed by atoms with Crippen molar-refractivity contribution in [1.82, 2.24) is 19.4 Å². The number of amides is 1. The number of hydrogen-bond donors (Lipinski definition) is 1. The van der Waals surface area contributed by atoms with Gasteiger partial charge in [-0.15, -0.1) is 0 Å². The first-order chi connectivity index (χ1) is 15.0. The van der Waals surface area contributed by atoms with E-state index in [2.05, 4.69) is 41.3 Å². The number of para-hydroxylation sites is 2. The van der Waals surface area contributed by atoms with Crippen molar-refractivity contribution in [2.45, 2.75) is 46.8 Å². The predicted octanol–water partition coefficient (Wildman–Crippen LogP) is 4.77. The van der Waals surface area contributed by atoms with Crippen molar-refractivity contribution in [3.05, 3.63) is 65.1 Å². The monoisotopic (exact) mass is 418 g/mol. The lowest BCUT2D eigenvalue weighted by atomic mass is 10.1. The molecule has 4 aromatic rings. The highest BCUT2D eigenvalue weighted by Crippen LogP contribution is 2.27. The molecule has 31 heavy (non-hydrogen) atoms. The molecule has 162 valence electrons. The third kappa shape index (κ3) is 3.72. The molecule has 0 aliphatic carbocycles. The molecule has 0 saturated carbocycles. The number of benzene rings is 2. The molecule has 0 fully saturated rings. The van der Waals surface area contributed by atoms with Crippen LogP contribution >= 0.6 is 0 Å². The van der Waals surface area contributed by atoms with Gasteiger partial charge in [0.1, 0.15) is 5.82 Å². The van der Waals surface area contributed by atoms with E-state index in [1.165, 1.54) is 11.3 Å². The zero-order chi connectivity index (χ0) is 22.1. The van der Waals surface area contributed by atoms with Gasteiger partial charge in [0.2, 0.25) is 0 Å². The second-order valence-corrected chi connectivity index (χ2v) is 7.98. The molecule has 0 saturated heterocycles. The van der Waals surface area contributed by atoms with Gasteiger partial charge in [0, 0.05) is 42.4 Å². The smallest absolute Gasteiger partial charge is 0.251 e. The summed E-state index contributed by atoms with van der Waals surface area (Å²) >= 11 is 0. The Morgan fingerprint density at radius 3 is 2.65 bits per heavy atom. The van der Waals surface area contributed by atoms with E-state index in [1.54, 1.807) is 7.11 Å². The average molecular weight is 419 g/mol. The number of carbonyl (C=O) groups excluding carboxylic acids is 1. The minimum absolute atomic E-state index is 0.0918. The van der Waals surface area contributed by atoms with Crippen LogP contribution in [0.25, 0.3) is 21.9 Å². The Balaban J connectivity index is 1.62. The van der Waals surface area contributed by atoms with E-state index in [0.717, 1.165) is 40.9 Å². The summed E-state index contributed by atoms with van der Waals surface area (Å²) in [7, 11) is 1.71. The standard InChI is InChI=1S/C25H30N4O2/c1-6-28-23-10-8-7-9-21(23)27-24(28)17(3)26-25(30)19-11-12-22-20(15-19)16(2)18(4)29(22)13-14-31-5/h7-12,15,17H,6,13-14H2,1-5H3,(H,26,30). The summed E-state index contributed by atoms with van der Waals surface area (Å²) in [4.78, 5) is 17.9. The molecule has 2 heterocycles. The zero-order valence-electron chi connectivity index (χ0n) is 18.9. The van der Waals surface area contributed by atoms with Gasteiger partial charge < -0.3 is 19.2 Å². The lowest BCUT2D eigenvalue weighted by Gasteiger charge is -2.15. The first kappa shape index (κ1) is 21.1. The van der Waals surface area contributed by atoms with Crippen LogP contribution in [0.1, 0.15) is 47.3 Å². The van der Waals surface area contributed by atoms with E-state index in [1.807, 2.05) is 43.3 Å². The van der Waals surface area contributed by atoms with Crippen molar-refractivity contribution in [2.24, 2.45) is 0 Å². The summed E-state index contributed by atoms with van der Waals surface area (Å²) in [6.07, 6.45) is 0. The van der Waals surface area contributed by atoms with Crippen molar-refractivity contribution >= 4 is 27.8 Å². The molecule has 1 unspecified atom stereocenters. The Hall–Kier alpha value is -3.12. The van der Waals surface area contributed by atoms with Gasteiger partial charge in [-0.3, -0.25) is 4.79 Å². The molecule has 6 heteroatoms. The van der Waals surface area contributed by atoms with E-state index in [4.69, 9.17) is 9.72 Å². The van der Waals surface area contributed by atoms with Crippen LogP contribution < -0.4 is 5.32 Å². The molecular weight excluding hydrogens is 388 g/mol. The molecular formula is C25H30N4O2. The minimum Gasteiger partial charge on any atom is -0.383 e. The lowest BCUT2D eigenvalue weighted by Crippen LogP contribution is -2.28. The number of nitrogens with zero attached hydrogens (tertiary/aromatic N) is 3. The molecule has 0 aliphatic heterocycles. The van der Waals surface area contributed by atoms with Crippen LogP contribution in [0, 0.1) is 13.8 Å². The molecule has 0 spiro atoms. The van der Waals surface area contributed by atoms with Crippen LogP contribution in [-0.2, 0) is 17.8 Å². The molecule has 1 atom stereocenters. The third-order valence-corrected chi connectivity index (χ3v) is 6.16. The van der Waals surface area contributed by atoms with Gasteiger partial charge in [-0.05, 0) is 63.6 Å². The van der Waals surface area contributed by atoms with E-state index >= 15 is 0 Å². The predicted molar refractivity (Wildman–Crippen MR) is 125 cm³/mol. The van der Waals surface area contributed by atoms with Gasteiger partial charge in [0.25, 0.3) is 5.91 Å². The van der Waals surface area contributed by atoms with Crippen LogP contribution in [0.5, 0.6) is 0 Å². The maximum atomic E-state index is 13.1. The number of aromatic nitrogens is 3. The van der Waals surface area contributed by atoms with Gasteiger partial charge in [0.15, 0.2) is 0 Å². The SMILES string of the molecule is CCn1c(C(C)NC(=O)c2ccc3c(c2)c(C)c(C)n3CCOC)nc2ccccc21. The number of hydrogen-bond acceptors (Lipinski definition) is 3. The van der Waals surface area contributed by atoms with Crippen molar-refractivity contribution in [3.63, 3.8) is 0 Å². The number of fused-ring (bicyclic) bond motifs is 2. The van der Waals surface area contributed by atoms with Crippen molar-refractivity contribution in [3.8, 4) is 0 Å². The molecule has 0 aliphatic rings. The maximum absolute atomic E-state index is 13.1. The number of carbonyl (C=O) groups is 1. The molecule has 6 nitrogen and oxygen atoms in total. The third-order valence-electron chi connectivity index (χ3n) is 6.16. The van der Waals surface area contributed by atoms with Crippen molar-refractivity contribution in [1.29, 1.82) is 0 Å². The number of imidazole rings is 1. The fraction of sp³-hybridized carbons (Fsp3) is 0.360. The highest BCUT2D eigenvalue weighted by molar-refractivity contribution is 5.99. The summed E-state index contributed by atoms with van der Waals surface area (Å²) in [5, 5.41) is 4.25. The van der Waals surface area contributed by atoms with E-state index in [-0.39, 0.29) is 11.9 Å². The van der Waals surface area contributed by atoms with Gasteiger partial charge in [0.05, 0.1) is 23.7 Å². The Labute approximate surface area is 182 Å². The highest BCUT2D eigenvalue weighted by Gasteiger charge is 2.19. The summed E-state index contributed by atoms with van der Waals surface area (Å²) in [6, 6.07) is 13.8. The number of ether oxygens (including phenoxy) is 1. The average Bonchev–Trinajstić information content (AvgIpc) is 3.27. The fourth-order valence-electron chi connectivity index (χ4n) is 4.36. The van der Waals surface area contributed by atoms with Crippen LogP contribution in [0.2, 0.25) is 0 Å². The van der Waals surface area contributed by atoms with Gasteiger partial charge in [-0.1, -0.05) is 12.1 Å². The van der Waals surface area contributed by atoms with Crippen LogP contribution in [0.3, 0.4) is 0 Å². The molecule has 0 bridgehead atoms. The summed E-state index contributed by atoms with van der Waals surface area (Å²) in [5.41, 5.74) is 6.22. The molecule has 1 amide bonds. The Kier molecular flexibility index (Phi) is 5.83. The molecule has 2 aromatic heterocycles. The van der Waals surface area contributed by atoms with Crippen LogP contribution in [0.15, 0.2) is 42.5 Å². The topological polar surface area (TPSA) is 61.1 Å². The molecule has 2 aromatic carbocycles. The van der Waals surface area contributed by atoms with Gasteiger partial charge in [-0.2, -0.15) is 0 Å². The van der Waals surface area contributed by atoms with E-state index < -0.39 is 0 Å². The number of aryl methyl sites for hydroxylation is 2. The molecule has 1 N–H and O–H groups in total. The fourth-order valence-corrected chi connectivity index (χ4v) is 4.36. The van der Waals surface area contributed by atoms with E-state index in [9.17, 15) is 4.79 Å². The van der Waals surface area contributed by atoms with Crippen LogP contribution in [0.4, 0.5) is 0 Å². The first-order valence-electron chi connectivity index (χ1n) is 10.8. The van der Waals surface area contributed by atoms with Gasteiger partial charge in [-0.25, -0.2) is 4.98 Å². The Bertz CT molecular complexity index is 1250. The van der Waals surface area contributed by atoms with Crippen LogP contribution in [-0.4, -0.2) is 33.7 Å². The highest BCUT2D eigenvalue weighted by atomic mass is 16.5. The normalized spacial score (nSPS) is 12.5. The summed E-state index contributed by atoms with van der Waals surface area (Å²) < 4.78 is 9.67. The maximum Gasteiger partial charge on any atom is 0.251 e. The quantitative estimate of drug-likeness (QED) is 0.470. The Morgan fingerprint density at radius 2 is 1.90 bits per heavy atom. The second kappa shape index (κ2) is 8.55. The van der Waals surface area contributed by atoms with Gasteiger partial charge >= 0.3 is 0 Å². The van der Waals surface area contributed by atoms with E-state index in [0.29, 0.717) is 12.2 Å². The van der Waals surface area contributed by atoms with Crippen molar-refractivity contribution in [2.75, 3.05) is 13.7 Å². The number of rotatable bonds is 7.